The Bertz CT molecular complexity index is 1670. The number of rotatable bonds is 9. The van der Waals surface area contributed by atoms with Crippen molar-refractivity contribution >= 4 is 32.9 Å². The van der Waals surface area contributed by atoms with E-state index in [1.54, 1.807) is 40.0 Å². The number of benzene rings is 2. The molecule has 218 valence electrons. The maximum atomic E-state index is 13.3. The lowest BCUT2D eigenvalue weighted by Crippen LogP contribution is -2.42. The third-order valence-corrected chi connectivity index (χ3v) is 8.02. The van der Waals surface area contributed by atoms with Gasteiger partial charge in [0.2, 0.25) is 5.91 Å². The molecule has 4 aromatic rings. The molecule has 11 nitrogen and oxygen atoms in total. The van der Waals surface area contributed by atoms with E-state index in [9.17, 15) is 18.0 Å². The van der Waals surface area contributed by atoms with Crippen LogP contribution in [0.25, 0.3) is 10.9 Å². The van der Waals surface area contributed by atoms with Gasteiger partial charge >= 0.3 is 6.09 Å². The van der Waals surface area contributed by atoms with Crippen molar-refractivity contribution in [3.63, 3.8) is 0 Å². The first kappa shape index (κ1) is 29.8. The van der Waals surface area contributed by atoms with E-state index >= 15 is 0 Å². The maximum Gasteiger partial charge on any atom is 0.417 e. The van der Waals surface area contributed by atoms with Crippen molar-refractivity contribution in [2.24, 2.45) is 7.05 Å². The Balaban J connectivity index is 1.49. The molecule has 0 saturated heterocycles. The third kappa shape index (κ3) is 6.94. The van der Waals surface area contributed by atoms with Gasteiger partial charge in [0.25, 0.3) is 10.0 Å². The van der Waals surface area contributed by atoms with Crippen LogP contribution in [0.5, 0.6) is 5.75 Å². The number of carbonyl (C=O) groups excluding carboxylic acids is 2. The van der Waals surface area contributed by atoms with Gasteiger partial charge in [0.15, 0.2) is 0 Å². The van der Waals surface area contributed by atoms with Crippen LogP contribution in [0.4, 0.5) is 4.79 Å². The standard InChI is InChI=1S/C29H35N5O6S/c1-20-7-11-24(12-8-20)41(37,38)34-19-22(30-31-34)9-14-27(35)33(28(36)40-29(2,3)4)16-15-21-18-32(5)26-13-10-23(39-6)17-25(21)26/h7-8,10-13,17-19H,9,14-16H2,1-6H3. The Labute approximate surface area is 239 Å². The van der Waals surface area contributed by atoms with Gasteiger partial charge < -0.3 is 14.0 Å². The number of amides is 2. The van der Waals surface area contributed by atoms with Crippen molar-refractivity contribution in [3.8, 4) is 5.75 Å². The summed E-state index contributed by atoms with van der Waals surface area (Å²) < 4.78 is 39.5. The minimum atomic E-state index is -3.92. The second-order valence-electron chi connectivity index (χ2n) is 10.8. The van der Waals surface area contributed by atoms with Crippen LogP contribution in [0, 0.1) is 6.92 Å². The smallest absolute Gasteiger partial charge is 0.417 e. The molecule has 2 heterocycles. The van der Waals surface area contributed by atoms with E-state index in [1.165, 1.54) is 18.3 Å². The molecule has 0 atom stereocenters. The highest BCUT2D eigenvalue weighted by molar-refractivity contribution is 7.89. The molecule has 0 fully saturated rings. The van der Waals surface area contributed by atoms with Crippen molar-refractivity contribution in [1.82, 2.24) is 23.9 Å². The summed E-state index contributed by atoms with van der Waals surface area (Å²) in [6.07, 6.45) is 2.91. The topological polar surface area (TPSA) is 126 Å². The molecule has 4 rings (SSSR count). The number of aromatic nitrogens is 4. The van der Waals surface area contributed by atoms with Gasteiger partial charge in [-0.05, 0) is 70.0 Å². The van der Waals surface area contributed by atoms with E-state index in [1.807, 2.05) is 42.9 Å². The summed E-state index contributed by atoms with van der Waals surface area (Å²) in [5.74, 6) is 0.246. The number of hydrogen-bond acceptors (Lipinski definition) is 8. The molecule has 0 bridgehead atoms. The molecule has 0 aliphatic heterocycles. The number of carbonyl (C=O) groups is 2. The third-order valence-electron chi connectivity index (χ3n) is 6.48. The summed E-state index contributed by atoms with van der Waals surface area (Å²) in [7, 11) is -0.389. The van der Waals surface area contributed by atoms with E-state index in [0.29, 0.717) is 17.9 Å². The normalized spacial score (nSPS) is 12.0. The highest BCUT2D eigenvalue weighted by Gasteiger charge is 2.28. The van der Waals surface area contributed by atoms with Gasteiger partial charge in [0, 0.05) is 43.5 Å². The fourth-order valence-electron chi connectivity index (χ4n) is 4.35. The van der Waals surface area contributed by atoms with Crippen LogP contribution in [0.15, 0.2) is 59.8 Å². The van der Waals surface area contributed by atoms with Crippen LogP contribution in [0.2, 0.25) is 0 Å². The van der Waals surface area contributed by atoms with Gasteiger partial charge in [0.1, 0.15) is 11.4 Å². The van der Waals surface area contributed by atoms with Crippen molar-refractivity contribution in [2.45, 2.75) is 57.5 Å². The Morgan fingerprint density at radius 3 is 2.39 bits per heavy atom. The zero-order valence-corrected chi connectivity index (χ0v) is 24.9. The van der Waals surface area contributed by atoms with Gasteiger partial charge in [0.05, 0.1) is 23.9 Å². The Morgan fingerprint density at radius 2 is 1.73 bits per heavy atom. The van der Waals surface area contributed by atoms with Crippen LogP contribution in [-0.4, -0.2) is 63.5 Å². The van der Waals surface area contributed by atoms with E-state index in [-0.39, 0.29) is 24.3 Å². The Morgan fingerprint density at radius 1 is 1.02 bits per heavy atom. The molecule has 0 N–H and O–H groups in total. The van der Waals surface area contributed by atoms with E-state index in [2.05, 4.69) is 10.3 Å². The number of ether oxygens (including phenoxy) is 2. The lowest BCUT2D eigenvalue weighted by Gasteiger charge is -2.26. The van der Waals surface area contributed by atoms with Gasteiger partial charge in [-0.25, -0.2) is 9.69 Å². The van der Waals surface area contributed by atoms with Crippen molar-refractivity contribution in [3.05, 3.63) is 71.7 Å². The Hall–Kier alpha value is -4.19. The second kappa shape index (κ2) is 11.7. The lowest BCUT2D eigenvalue weighted by molar-refractivity contribution is -0.130. The first-order valence-corrected chi connectivity index (χ1v) is 14.6. The average molecular weight is 582 g/mol. The predicted molar refractivity (Wildman–Crippen MR) is 153 cm³/mol. The molecule has 0 spiro atoms. The van der Waals surface area contributed by atoms with Crippen molar-refractivity contribution < 1.29 is 27.5 Å². The van der Waals surface area contributed by atoms with Crippen LogP contribution < -0.4 is 4.74 Å². The molecule has 0 radical (unpaired) electrons. The largest absolute Gasteiger partial charge is 0.497 e. The quantitative estimate of drug-likeness (QED) is 0.287. The molecule has 0 unspecified atom stereocenters. The second-order valence-corrected chi connectivity index (χ2v) is 12.6. The SMILES string of the molecule is COc1ccc2c(c1)c(CCN(C(=O)CCc1cn(S(=O)(=O)c3ccc(C)cc3)nn1)C(=O)OC(C)(C)C)cn2C. The molecule has 2 aromatic heterocycles. The molecular formula is C29H35N5O6S. The summed E-state index contributed by atoms with van der Waals surface area (Å²) in [6.45, 7) is 7.16. The number of fused-ring (bicyclic) bond motifs is 1. The zero-order valence-electron chi connectivity index (χ0n) is 24.1. The van der Waals surface area contributed by atoms with Crippen molar-refractivity contribution in [2.75, 3.05) is 13.7 Å². The van der Waals surface area contributed by atoms with Gasteiger partial charge in [-0.15, -0.1) is 9.19 Å². The molecule has 12 heteroatoms. The number of methoxy groups -OCH3 is 1. The van der Waals surface area contributed by atoms with Crippen molar-refractivity contribution in [1.29, 1.82) is 0 Å². The fourth-order valence-corrected chi connectivity index (χ4v) is 5.44. The van der Waals surface area contributed by atoms with Crippen LogP contribution in [0.3, 0.4) is 0 Å². The summed E-state index contributed by atoms with van der Waals surface area (Å²) in [5.41, 5.74) is 2.39. The molecule has 41 heavy (non-hydrogen) atoms. The number of aryl methyl sites for hydroxylation is 3. The van der Waals surface area contributed by atoms with E-state index in [4.69, 9.17) is 9.47 Å². The summed E-state index contributed by atoms with van der Waals surface area (Å²) in [5, 5.41) is 8.67. The molecule has 0 saturated carbocycles. The van der Waals surface area contributed by atoms with Gasteiger partial charge in [-0.3, -0.25) is 4.79 Å². The Kier molecular flexibility index (Phi) is 8.52. The van der Waals surface area contributed by atoms with Crippen LogP contribution in [-0.2, 0) is 39.4 Å². The van der Waals surface area contributed by atoms with E-state index in [0.717, 1.165) is 31.0 Å². The molecule has 2 amide bonds. The average Bonchev–Trinajstić information content (AvgIpc) is 3.51. The minimum Gasteiger partial charge on any atom is -0.497 e. The monoisotopic (exact) mass is 581 g/mol. The molecule has 0 aliphatic rings. The highest BCUT2D eigenvalue weighted by Crippen LogP contribution is 2.26. The molecular weight excluding hydrogens is 546 g/mol. The highest BCUT2D eigenvalue weighted by atomic mass is 32.2. The minimum absolute atomic E-state index is 0.0813. The van der Waals surface area contributed by atoms with Crippen LogP contribution in [0.1, 0.15) is 44.0 Å². The number of nitrogens with zero attached hydrogens (tertiary/aromatic N) is 5. The van der Waals surface area contributed by atoms with E-state index < -0.39 is 27.6 Å². The van der Waals surface area contributed by atoms with Gasteiger partial charge in [-0.2, -0.15) is 8.42 Å². The zero-order chi connectivity index (χ0) is 29.9. The molecule has 0 aliphatic carbocycles. The first-order chi connectivity index (χ1) is 19.3. The number of imide groups is 1. The fraction of sp³-hybridized carbons (Fsp3) is 0.379. The predicted octanol–water partition coefficient (Wildman–Crippen LogP) is 4.26. The lowest BCUT2D eigenvalue weighted by atomic mass is 10.1. The molecule has 2 aromatic carbocycles. The maximum absolute atomic E-state index is 13.3. The summed E-state index contributed by atoms with van der Waals surface area (Å²) in [6, 6.07) is 12.2. The van der Waals surface area contributed by atoms with Gasteiger partial charge in [-0.1, -0.05) is 22.9 Å². The first-order valence-electron chi connectivity index (χ1n) is 13.2. The summed E-state index contributed by atoms with van der Waals surface area (Å²) >= 11 is 0. The van der Waals surface area contributed by atoms with Crippen LogP contribution >= 0.6 is 0 Å². The number of hydrogen-bond donors (Lipinski definition) is 0. The summed E-state index contributed by atoms with van der Waals surface area (Å²) in [4.78, 5) is 27.6.